The maximum absolute atomic E-state index is 13.6. The van der Waals surface area contributed by atoms with Crippen LogP contribution in [0.15, 0.2) is 12.1 Å². The molecule has 5 rings (SSSR count). The molecule has 0 aliphatic carbocycles. The monoisotopic (exact) mass is 311 g/mol. The number of halogens is 2. The van der Waals surface area contributed by atoms with Gasteiger partial charge in [-0.1, -0.05) is 11.6 Å². The van der Waals surface area contributed by atoms with Crippen molar-refractivity contribution in [1.29, 1.82) is 0 Å². The highest BCUT2D eigenvalue weighted by molar-refractivity contribution is 7.71. The molecule has 0 radical (unpaired) electrons. The second kappa shape index (κ2) is 4.55. The molecule has 3 fully saturated rings. The zero-order valence-electron chi connectivity index (χ0n) is 10.9. The van der Waals surface area contributed by atoms with E-state index < -0.39 is 5.82 Å². The number of fused-ring (bicyclic) bond motifs is 4. The highest BCUT2D eigenvalue weighted by Gasteiger charge is 2.36. The third kappa shape index (κ3) is 1.84. The number of nitrogens with one attached hydrogen (secondary N) is 1. The Morgan fingerprint density at radius 1 is 1.30 bits per heavy atom. The van der Waals surface area contributed by atoms with E-state index in [1.807, 2.05) is 0 Å². The van der Waals surface area contributed by atoms with Crippen LogP contribution < -0.4 is 0 Å². The van der Waals surface area contributed by atoms with Crippen LogP contribution in [0, 0.1) is 16.5 Å². The lowest BCUT2D eigenvalue weighted by Crippen LogP contribution is -2.48. The molecule has 1 N–H and O–H groups in total. The fraction of sp³-hybridized carbons (Fsp3) is 0.500. The SMILES string of the molecule is Fc1cc2[nH]c(=S)n(C3CN4CCC3CC4)c2cc1Cl. The molecule has 3 aliphatic rings. The van der Waals surface area contributed by atoms with Crippen LogP contribution in [0.1, 0.15) is 18.9 Å². The predicted octanol–water partition coefficient (Wildman–Crippen LogP) is 3.76. The first kappa shape index (κ1) is 12.8. The van der Waals surface area contributed by atoms with Crippen molar-refractivity contribution in [1.82, 2.24) is 14.5 Å². The maximum atomic E-state index is 13.6. The molecule has 0 saturated carbocycles. The molecule has 2 bridgehead atoms. The molecule has 0 amide bonds. The Balaban J connectivity index is 1.89. The standard InChI is InChI=1S/C14H15ClFN3S/c15-9-5-12-11(6-10(9)16)17-14(20)19(12)13-7-18-3-1-8(13)2-4-18/h5-6,8,13H,1-4,7H2,(H,17,20). The lowest BCUT2D eigenvalue weighted by Gasteiger charge is -2.45. The molecular formula is C14H15ClFN3S. The van der Waals surface area contributed by atoms with E-state index in [4.69, 9.17) is 23.8 Å². The average Bonchev–Trinajstić information content (AvgIpc) is 2.76. The summed E-state index contributed by atoms with van der Waals surface area (Å²) in [5.41, 5.74) is 1.65. The van der Waals surface area contributed by atoms with E-state index in [1.165, 1.54) is 32.0 Å². The quantitative estimate of drug-likeness (QED) is 0.811. The average molecular weight is 312 g/mol. The number of hydrogen-bond donors (Lipinski definition) is 1. The van der Waals surface area contributed by atoms with Crippen LogP contribution in [-0.2, 0) is 0 Å². The highest BCUT2D eigenvalue weighted by Crippen LogP contribution is 2.38. The van der Waals surface area contributed by atoms with Crippen LogP contribution in [0.3, 0.4) is 0 Å². The van der Waals surface area contributed by atoms with Gasteiger partial charge in [-0.25, -0.2) is 4.39 Å². The molecule has 2 aromatic rings. The minimum atomic E-state index is -0.406. The summed E-state index contributed by atoms with van der Waals surface area (Å²) in [5, 5.41) is 0.154. The van der Waals surface area contributed by atoms with Gasteiger partial charge >= 0.3 is 0 Å². The molecule has 3 saturated heterocycles. The molecule has 0 spiro atoms. The van der Waals surface area contributed by atoms with E-state index in [9.17, 15) is 4.39 Å². The van der Waals surface area contributed by atoms with E-state index in [-0.39, 0.29) is 5.02 Å². The highest BCUT2D eigenvalue weighted by atomic mass is 35.5. The fourth-order valence-corrected chi connectivity index (χ4v) is 4.18. The van der Waals surface area contributed by atoms with Gasteiger partial charge in [0.2, 0.25) is 0 Å². The third-order valence-electron chi connectivity index (χ3n) is 4.71. The van der Waals surface area contributed by atoms with Gasteiger partial charge in [0, 0.05) is 12.6 Å². The zero-order valence-corrected chi connectivity index (χ0v) is 12.5. The van der Waals surface area contributed by atoms with Gasteiger partial charge < -0.3 is 14.5 Å². The molecule has 1 unspecified atom stereocenters. The van der Waals surface area contributed by atoms with Crippen molar-refractivity contribution >= 4 is 34.9 Å². The van der Waals surface area contributed by atoms with Crippen LogP contribution in [0.25, 0.3) is 11.0 Å². The summed E-state index contributed by atoms with van der Waals surface area (Å²) < 4.78 is 16.4. The lowest BCUT2D eigenvalue weighted by molar-refractivity contribution is 0.0582. The first-order valence-corrected chi connectivity index (χ1v) is 7.74. The van der Waals surface area contributed by atoms with E-state index in [0.29, 0.717) is 16.7 Å². The van der Waals surface area contributed by atoms with Crippen LogP contribution in [0.2, 0.25) is 5.02 Å². The molecular weight excluding hydrogens is 297 g/mol. The number of piperidine rings is 3. The van der Waals surface area contributed by atoms with Gasteiger partial charge in [-0.2, -0.15) is 0 Å². The summed E-state index contributed by atoms with van der Waals surface area (Å²) in [7, 11) is 0. The Labute approximate surface area is 126 Å². The molecule has 1 aromatic carbocycles. The second-order valence-corrected chi connectivity index (χ2v) is 6.58. The first-order chi connectivity index (χ1) is 9.63. The molecule has 1 aromatic heterocycles. The largest absolute Gasteiger partial charge is 0.330 e. The Hall–Kier alpha value is -0.910. The maximum Gasteiger partial charge on any atom is 0.178 e. The summed E-state index contributed by atoms with van der Waals surface area (Å²) in [4.78, 5) is 5.60. The van der Waals surface area contributed by atoms with Crippen LogP contribution in [-0.4, -0.2) is 34.1 Å². The Kier molecular flexibility index (Phi) is 2.91. The topological polar surface area (TPSA) is 24.0 Å². The Morgan fingerprint density at radius 2 is 2.05 bits per heavy atom. The molecule has 1 atom stereocenters. The van der Waals surface area contributed by atoms with Gasteiger partial charge in [0.25, 0.3) is 0 Å². The molecule has 20 heavy (non-hydrogen) atoms. The molecule has 106 valence electrons. The van der Waals surface area contributed by atoms with Gasteiger partial charge in [0.05, 0.1) is 22.1 Å². The summed E-state index contributed by atoms with van der Waals surface area (Å²) in [6.07, 6.45) is 2.43. The van der Waals surface area contributed by atoms with E-state index in [0.717, 1.165) is 17.6 Å². The summed E-state index contributed by atoms with van der Waals surface area (Å²) >= 11 is 11.4. The van der Waals surface area contributed by atoms with Crippen molar-refractivity contribution in [3.63, 3.8) is 0 Å². The molecule has 4 heterocycles. The van der Waals surface area contributed by atoms with Crippen molar-refractivity contribution in [2.75, 3.05) is 19.6 Å². The second-order valence-electron chi connectivity index (χ2n) is 5.79. The normalized spacial score (nSPS) is 29.2. The Bertz CT molecular complexity index is 730. The van der Waals surface area contributed by atoms with Gasteiger partial charge in [-0.05, 0) is 50.1 Å². The number of nitrogens with zero attached hydrogens (tertiary/aromatic N) is 2. The smallest absolute Gasteiger partial charge is 0.178 e. The van der Waals surface area contributed by atoms with Gasteiger partial charge in [0.1, 0.15) is 5.82 Å². The van der Waals surface area contributed by atoms with Crippen LogP contribution in [0.5, 0.6) is 0 Å². The predicted molar refractivity (Wildman–Crippen MR) is 80.3 cm³/mol. The van der Waals surface area contributed by atoms with E-state index in [2.05, 4.69) is 14.5 Å². The first-order valence-electron chi connectivity index (χ1n) is 6.95. The molecule has 6 heteroatoms. The van der Waals surface area contributed by atoms with E-state index >= 15 is 0 Å². The van der Waals surface area contributed by atoms with Crippen molar-refractivity contribution < 1.29 is 4.39 Å². The molecule has 3 aliphatic heterocycles. The van der Waals surface area contributed by atoms with Crippen molar-refractivity contribution in [3.05, 3.63) is 27.7 Å². The number of benzene rings is 1. The zero-order chi connectivity index (χ0) is 13.9. The van der Waals surface area contributed by atoms with Crippen molar-refractivity contribution in [2.45, 2.75) is 18.9 Å². The number of aromatic nitrogens is 2. The van der Waals surface area contributed by atoms with Crippen molar-refractivity contribution in [2.24, 2.45) is 5.92 Å². The number of aromatic amines is 1. The van der Waals surface area contributed by atoms with E-state index in [1.54, 1.807) is 6.07 Å². The summed E-state index contributed by atoms with van der Waals surface area (Å²) in [6.45, 7) is 3.40. The fourth-order valence-electron chi connectivity index (χ4n) is 3.68. The van der Waals surface area contributed by atoms with Gasteiger partial charge in [-0.15, -0.1) is 0 Å². The number of rotatable bonds is 1. The van der Waals surface area contributed by atoms with Crippen molar-refractivity contribution in [3.8, 4) is 0 Å². The third-order valence-corrected chi connectivity index (χ3v) is 5.30. The van der Waals surface area contributed by atoms with Gasteiger partial charge in [-0.3, -0.25) is 0 Å². The Morgan fingerprint density at radius 3 is 2.70 bits per heavy atom. The minimum absolute atomic E-state index is 0.154. The summed E-state index contributed by atoms with van der Waals surface area (Å²) in [6, 6.07) is 3.50. The van der Waals surface area contributed by atoms with Crippen LogP contribution in [0.4, 0.5) is 4.39 Å². The molecule has 3 nitrogen and oxygen atoms in total. The van der Waals surface area contributed by atoms with Gasteiger partial charge in [0.15, 0.2) is 4.77 Å². The lowest BCUT2D eigenvalue weighted by atomic mass is 9.84. The number of hydrogen-bond acceptors (Lipinski definition) is 2. The summed E-state index contributed by atoms with van der Waals surface area (Å²) in [5.74, 6) is 0.256. The van der Waals surface area contributed by atoms with Crippen LogP contribution >= 0.6 is 23.8 Å². The minimum Gasteiger partial charge on any atom is -0.330 e. The number of H-pyrrole nitrogens is 1. The number of imidazole rings is 1.